The lowest BCUT2D eigenvalue weighted by Gasteiger charge is -2.43. The Labute approximate surface area is 70.7 Å². The van der Waals surface area contributed by atoms with Crippen LogP contribution in [0.2, 0.25) is 0 Å². The molecule has 1 amide bonds. The summed E-state index contributed by atoms with van der Waals surface area (Å²) >= 11 is 0. The number of hydrogen-bond acceptors (Lipinski definition) is 4. The average Bonchev–Trinajstić information content (AvgIpc) is 1.83. The van der Waals surface area contributed by atoms with Crippen molar-refractivity contribution < 1.29 is 14.6 Å². The zero-order valence-electron chi connectivity index (χ0n) is 6.82. The fourth-order valence-electron chi connectivity index (χ4n) is 1.52. The lowest BCUT2D eigenvalue weighted by molar-refractivity contribution is -0.00193. The summed E-state index contributed by atoms with van der Waals surface area (Å²) in [7, 11) is 0. The molecular formula is C7H14N2O3. The first-order valence-corrected chi connectivity index (χ1v) is 3.91. The van der Waals surface area contributed by atoms with Gasteiger partial charge in [-0.15, -0.1) is 0 Å². The number of hydrogen-bond donors (Lipinski definition) is 3. The predicted octanol–water partition coefficient (Wildman–Crippen LogP) is -0.676. The van der Waals surface area contributed by atoms with Gasteiger partial charge in [0.1, 0.15) is 6.10 Å². The standard InChI is InChI=1S/C7H14N2O3/c8-6(11)12-5-3-7(9,4-5)1-2-10/h5,10H,1-4,9H2,(H2,8,11). The molecule has 0 heterocycles. The number of rotatable bonds is 3. The maximum Gasteiger partial charge on any atom is 0.404 e. The van der Waals surface area contributed by atoms with Crippen LogP contribution in [-0.4, -0.2) is 29.4 Å². The third-order valence-electron chi connectivity index (χ3n) is 2.16. The van der Waals surface area contributed by atoms with Gasteiger partial charge in [-0.3, -0.25) is 0 Å². The van der Waals surface area contributed by atoms with E-state index in [0.29, 0.717) is 19.3 Å². The lowest BCUT2D eigenvalue weighted by atomic mass is 9.73. The molecule has 1 aliphatic carbocycles. The van der Waals surface area contributed by atoms with E-state index >= 15 is 0 Å². The van der Waals surface area contributed by atoms with Crippen molar-refractivity contribution in [1.82, 2.24) is 0 Å². The van der Waals surface area contributed by atoms with E-state index in [1.807, 2.05) is 0 Å². The largest absolute Gasteiger partial charge is 0.446 e. The molecule has 0 unspecified atom stereocenters. The number of aliphatic hydroxyl groups is 1. The zero-order chi connectivity index (χ0) is 9.19. The van der Waals surface area contributed by atoms with Gasteiger partial charge in [-0.05, 0) is 6.42 Å². The predicted molar refractivity (Wildman–Crippen MR) is 42.3 cm³/mol. The van der Waals surface area contributed by atoms with E-state index in [1.165, 1.54) is 0 Å². The molecule has 0 aromatic heterocycles. The summed E-state index contributed by atoms with van der Waals surface area (Å²) in [6.45, 7) is 0.0692. The molecule has 5 heteroatoms. The number of amides is 1. The quantitative estimate of drug-likeness (QED) is 0.528. The molecule has 0 atom stereocenters. The van der Waals surface area contributed by atoms with Crippen LogP contribution in [0.25, 0.3) is 0 Å². The average molecular weight is 174 g/mol. The lowest BCUT2D eigenvalue weighted by Crippen LogP contribution is -2.56. The Hall–Kier alpha value is -0.810. The van der Waals surface area contributed by atoms with E-state index in [1.54, 1.807) is 0 Å². The minimum absolute atomic E-state index is 0.0692. The van der Waals surface area contributed by atoms with Gasteiger partial charge in [-0.2, -0.15) is 0 Å². The first-order valence-electron chi connectivity index (χ1n) is 3.91. The SMILES string of the molecule is NC(=O)OC1CC(N)(CCO)C1. The molecule has 0 spiro atoms. The topological polar surface area (TPSA) is 98.6 Å². The molecule has 0 aromatic rings. The molecule has 0 bridgehead atoms. The van der Waals surface area contributed by atoms with Crippen LogP contribution < -0.4 is 11.5 Å². The second-order valence-electron chi connectivity index (χ2n) is 3.30. The molecule has 0 radical (unpaired) electrons. The van der Waals surface area contributed by atoms with Gasteiger partial charge in [0.05, 0.1) is 0 Å². The third kappa shape index (κ3) is 2.09. The van der Waals surface area contributed by atoms with E-state index < -0.39 is 6.09 Å². The number of primary amides is 1. The molecule has 0 saturated heterocycles. The molecule has 12 heavy (non-hydrogen) atoms. The normalized spacial score (nSPS) is 34.0. The molecule has 70 valence electrons. The highest BCUT2D eigenvalue weighted by atomic mass is 16.6. The maximum absolute atomic E-state index is 10.3. The first-order chi connectivity index (χ1) is 5.56. The Morgan fingerprint density at radius 3 is 2.67 bits per heavy atom. The minimum atomic E-state index is -0.758. The van der Waals surface area contributed by atoms with E-state index in [9.17, 15) is 4.79 Å². The van der Waals surface area contributed by atoms with Crippen LogP contribution in [0.15, 0.2) is 0 Å². The van der Waals surface area contributed by atoms with Crippen LogP contribution in [0.5, 0.6) is 0 Å². The Balaban J connectivity index is 2.22. The molecule has 1 rings (SSSR count). The number of nitrogens with two attached hydrogens (primary N) is 2. The van der Waals surface area contributed by atoms with Crippen molar-refractivity contribution in [1.29, 1.82) is 0 Å². The van der Waals surface area contributed by atoms with Gasteiger partial charge >= 0.3 is 6.09 Å². The minimum Gasteiger partial charge on any atom is -0.446 e. The van der Waals surface area contributed by atoms with Crippen LogP contribution >= 0.6 is 0 Å². The fraction of sp³-hybridized carbons (Fsp3) is 0.857. The van der Waals surface area contributed by atoms with Gasteiger partial charge in [0.25, 0.3) is 0 Å². The van der Waals surface area contributed by atoms with Crippen molar-refractivity contribution in [3.05, 3.63) is 0 Å². The van der Waals surface area contributed by atoms with Crippen molar-refractivity contribution in [3.8, 4) is 0 Å². The van der Waals surface area contributed by atoms with Crippen molar-refractivity contribution in [2.45, 2.75) is 30.9 Å². The number of carbonyl (C=O) groups excluding carboxylic acids is 1. The van der Waals surface area contributed by atoms with Crippen LogP contribution in [0, 0.1) is 0 Å². The van der Waals surface area contributed by atoms with Gasteiger partial charge in [0.2, 0.25) is 0 Å². The summed E-state index contributed by atoms with van der Waals surface area (Å²) in [6, 6.07) is 0. The molecule has 0 aliphatic heterocycles. The Morgan fingerprint density at radius 2 is 2.25 bits per heavy atom. The van der Waals surface area contributed by atoms with Crippen LogP contribution in [0.3, 0.4) is 0 Å². The second-order valence-corrected chi connectivity index (χ2v) is 3.30. The van der Waals surface area contributed by atoms with Crippen LogP contribution in [-0.2, 0) is 4.74 Å². The highest BCUT2D eigenvalue weighted by molar-refractivity contribution is 5.64. The summed E-state index contributed by atoms with van der Waals surface area (Å²) in [5, 5.41) is 8.62. The highest BCUT2D eigenvalue weighted by Gasteiger charge is 2.42. The molecule has 5 nitrogen and oxygen atoms in total. The van der Waals surface area contributed by atoms with E-state index in [4.69, 9.17) is 21.3 Å². The second kappa shape index (κ2) is 3.28. The summed E-state index contributed by atoms with van der Waals surface area (Å²) in [5.41, 5.74) is 10.2. The monoisotopic (exact) mass is 174 g/mol. The number of ether oxygens (including phenoxy) is 1. The van der Waals surface area contributed by atoms with Gasteiger partial charge in [-0.25, -0.2) is 4.79 Å². The highest BCUT2D eigenvalue weighted by Crippen LogP contribution is 2.34. The van der Waals surface area contributed by atoms with Crippen molar-refractivity contribution in [2.24, 2.45) is 11.5 Å². The smallest absolute Gasteiger partial charge is 0.404 e. The van der Waals surface area contributed by atoms with Crippen molar-refractivity contribution in [2.75, 3.05) is 6.61 Å². The van der Waals surface area contributed by atoms with Crippen LogP contribution in [0.1, 0.15) is 19.3 Å². The first kappa shape index (κ1) is 9.28. The van der Waals surface area contributed by atoms with Crippen LogP contribution in [0.4, 0.5) is 4.79 Å². The summed E-state index contributed by atoms with van der Waals surface area (Å²) in [4.78, 5) is 10.3. The fourth-order valence-corrected chi connectivity index (χ4v) is 1.52. The molecule has 1 fully saturated rings. The van der Waals surface area contributed by atoms with E-state index in [2.05, 4.69) is 0 Å². The molecule has 5 N–H and O–H groups in total. The number of aliphatic hydroxyl groups excluding tert-OH is 1. The van der Waals surface area contributed by atoms with E-state index in [0.717, 1.165) is 0 Å². The van der Waals surface area contributed by atoms with Gasteiger partial charge in [0.15, 0.2) is 0 Å². The van der Waals surface area contributed by atoms with Crippen molar-refractivity contribution in [3.63, 3.8) is 0 Å². The maximum atomic E-state index is 10.3. The third-order valence-corrected chi connectivity index (χ3v) is 2.16. The molecule has 1 aliphatic rings. The van der Waals surface area contributed by atoms with Gasteiger partial charge in [-0.1, -0.05) is 0 Å². The Morgan fingerprint density at radius 1 is 1.67 bits per heavy atom. The molecule has 0 aromatic carbocycles. The molecule has 1 saturated carbocycles. The Bertz CT molecular complexity index is 177. The Kier molecular flexibility index (Phi) is 2.54. The summed E-state index contributed by atoms with van der Waals surface area (Å²) in [5.74, 6) is 0. The summed E-state index contributed by atoms with van der Waals surface area (Å²) < 4.78 is 4.71. The molecular weight excluding hydrogens is 160 g/mol. The summed E-state index contributed by atoms with van der Waals surface area (Å²) in [6.07, 6.45) is 0.823. The zero-order valence-corrected chi connectivity index (χ0v) is 6.82. The van der Waals surface area contributed by atoms with E-state index in [-0.39, 0.29) is 18.2 Å². The van der Waals surface area contributed by atoms with Crippen molar-refractivity contribution >= 4 is 6.09 Å². The van der Waals surface area contributed by atoms with Gasteiger partial charge < -0.3 is 21.3 Å². The van der Waals surface area contributed by atoms with Gasteiger partial charge in [0, 0.05) is 25.0 Å². The number of carbonyl (C=O) groups is 1.